The summed E-state index contributed by atoms with van der Waals surface area (Å²) < 4.78 is 1.72. The smallest absolute Gasteiger partial charge is 0.123 e. The molecule has 0 amide bonds. The molecule has 2 aromatic carbocycles. The Kier molecular flexibility index (Phi) is 2.99. The first-order valence-corrected chi connectivity index (χ1v) is 6.43. The van der Waals surface area contributed by atoms with E-state index in [9.17, 15) is 5.11 Å². The molecule has 0 saturated carbocycles. The van der Waals surface area contributed by atoms with Gasteiger partial charge >= 0.3 is 0 Å². The summed E-state index contributed by atoms with van der Waals surface area (Å²) in [5.74, 6) is 0.273. The van der Waals surface area contributed by atoms with E-state index >= 15 is 0 Å². The van der Waals surface area contributed by atoms with Crippen LogP contribution in [0.2, 0.25) is 0 Å². The third kappa shape index (κ3) is 2.05. The average Bonchev–Trinajstić information content (AvgIpc) is 2.94. The van der Waals surface area contributed by atoms with Crippen molar-refractivity contribution in [2.24, 2.45) is 0 Å². The number of hydrogen-bond acceptors (Lipinski definition) is 3. The minimum atomic E-state index is 0.273. The van der Waals surface area contributed by atoms with Gasteiger partial charge in [-0.1, -0.05) is 29.5 Å². The van der Waals surface area contributed by atoms with Crippen LogP contribution in [0.15, 0.2) is 48.8 Å². The van der Waals surface area contributed by atoms with Crippen molar-refractivity contribution < 1.29 is 5.11 Å². The minimum absolute atomic E-state index is 0.273. The van der Waals surface area contributed by atoms with E-state index in [1.54, 1.807) is 23.1 Å². The highest BCUT2D eigenvalue weighted by Gasteiger charge is 2.13. The van der Waals surface area contributed by atoms with Crippen LogP contribution in [0, 0.1) is 13.8 Å². The first-order valence-electron chi connectivity index (χ1n) is 6.43. The number of aromatic nitrogens is 3. The van der Waals surface area contributed by atoms with E-state index in [0.717, 1.165) is 27.9 Å². The molecule has 0 aliphatic carbocycles. The highest BCUT2D eigenvalue weighted by atomic mass is 16.3. The molecule has 0 aliphatic heterocycles. The Morgan fingerprint density at radius 2 is 1.95 bits per heavy atom. The van der Waals surface area contributed by atoms with Crippen molar-refractivity contribution in [3.05, 3.63) is 59.9 Å². The molecule has 1 N–H and O–H groups in total. The number of hydrogen-bond donors (Lipinski definition) is 1. The van der Waals surface area contributed by atoms with Crippen LogP contribution in [0.5, 0.6) is 5.75 Å². The summed E-state index contributed by atoms with van der Waals surface area (Å²) in [6, 6.07) is 11.6. The van der Waals surface area contributed by atoms with Crippen LogP contribution in [0.1, 0.15) is 11.1 Å². The summed E-state index contributed by atoms with van der Waals surface area (Å²) in [7, 11) is 0. The van der Waals surface area contributed by atoms with Crippen molar-refractivity contribution in [1.82, 2.24) is 15.0 Å². The molecule has 0 spiro atoms. The summed E-state index contributed by atoms with van der Waals surface area (Å²) in [5.41, 5.74) is 4.84. The molecule has 0 saturated heterocycles. The van der Waals surface area contributed by atoms with Crippen molar-refractivity contribution in [2.45, 2.75) is 13.8 Å². The third-order valence-corrected chi connectivity index (χ3v) is 3.34. The van der Waals surface area contributed by atoms with Gasteiger partial charge in [-0.25, -0.2) is 4.68 Å². The largest absolute Gasteiger partial charge is 0.507 e. The monoisotopic (exact) mass is 265 g/mol. The number of benzene rings is 2. The van der Waals surface area contributed by atoms with Crippen molar-refractivity contribution in [2.75, 3.05) is 0 Å². The van der Waals surface area contributed by atoms with Gasteiger partial charge in [-0.3, -0.25) is 0 Å². The van der Waals surface area contributed by atoms with E-state index in [4.69, 9.17) is 0 Å². The van der Waals surface area contributed by atoms with Crippen molar-refractivity contribution >= 4 is 0 Å². The second-order valence-corrected chi connectivity index (χ2v) is 4.84. The summed E-state index contributed by atoms with van der Waals surface area (Å²) in [5, 5.41) is 18.1. The molecule has 3 rings (SSSR count). The SMILES string of the molecule is Cc1ccc(-c2c(C)cccc2O)c(-n2ccnn2)c1. The Bertz CT molecular complexity index is 728. The molecule has 1 heterocycles. The van der Waals surface area contributed by atoms with Gasteiger partial charge in [0.15, 0.2) is 0 Å². The number of aromatic hydroxyl groups is 1. The Hall–Kier alpha value is -2.62. The van der Waals surface area contributed by atoms with Crippen molar-refractivity contribution in [3.8, 4) is 22.6 Å². The molecule has 0 aliphatic rings. The van der Waals surface area contributed by atoms with Gasteiger partial charge in [0, 0.05) is 11.1 Å². The third-order valence-electron chi connectivity index (χ3n) is 3.34. The highest BCUT2D eigenvalue weighted by Crippen LogP contribution is 2.36. The maximum Gasteiger partial charge on any atom is 0.123 e. The van der Waals surface area contributed by atoms with Gasteiger partial charge in [-0.2, -0.15) is 0 Å². The number of rotatable bonds is 2. The lowest BCUT2D eigenvalue weighted by Gasteiger charge is -2.14. The lowest BCUT2D eigenvalue weighted by Crippen LogP contribution is -2.00. The number of phenolic OH excluding ortho intramolecular Hbond substituents is 1. The maximum absolute atomic E-state index is 10.2. The van der Waals surface area contributed by atoms with Crippen LogP contribution in [-0.4, -0.2) is 20.1 Å². The zero-order valence-corrected chi connectivity index (χ0v) is 11.4. The Morgan fingerprint density at radius 1 is 1.10 bits per heavy atom. The molecular formula is C16H15N3O. The molecule has 0 atom stereocenters. The Labute approximate surface area is 117 Å². The fourth-order valence-electron chi connectivity index (χ4n) is 2.38. The molecule has 20 heavy (non-hydrogen) atoms. The van der Waals surface area contributed by atoms with Gasteiger partial charge < -0.3 is 5.11 Å². The fraction of sp³-hybridized carbons (Fsp3) is 0.125. The van der Waals surface area contributed by atoms with Gasteiger partial charge in [0.1, 0.15) is 5.75 Å². The molecule has 3 aromatic rings. The highest BCUT2D eigenvalue weighted by molar-refractivity contribution is 5.80. The van der Waals surface area contributed by atoms with Gasteiger partial charge in [-0.15, -0.1) is 5.10 Å². The summed E-state index contributed by atoms with van der Waals surface area (Å²) in [6.45, 7) is 4.02. The Morgan fingerprint density at radius 3 is 2.65 bits per heavy atom. The van der Waals surface area contributed by atoms with Crippen LogP contribution >= 0.6 is 0 Å². The van der Waals surface area contributed by atoms with Crippen LogP contribution in [0.3, 0.4) is 0 Å². The minimum Gasteiger partial charge on any atom is -0.507 e. The average molecular weight is 265 g/mol. The molecular weight excluding hydrogens is 250 g/mol. The van der Waals surface area contributed by atoms with Gasteiger partial charge in [-0.05, 0) is 37.1 Å². The summed E-state index contributed by atoms with van der Waals surface area (Å²) in [6.07, 6.45) is 3.44. The first kappa shape index (κ1) is 12.4. The van der Waals surface area contributed by atoms with Crippen LogP contribution < -0.4 is 0 Å². The fourth-order valence-corrected chi connectivity index (χ4v) is 2.38. The van der Waals surface area contributed by atoms with E-state index in [1.165, 1.54) is 0 Å². The second-order valence-electron chi connectivity index (χ2n) is 4.84. The van der Waals surface area contributed by atoms with Crippen LogP contribution in [-0.2, 0) is 0 Å². The van der Waals surface area contributed by atoms with E-state index < -0.39 is 0 Å². The van der Waals surface area contributed by atoms with E-state index in [1.807, 2.05) is 44.2 Å². The molecule has 4 heteroatoms. The quantitative estimate of drug-likeness (QED) is 0.773. The number of aryl methyl sites for hydroxylation is 2. The summed E-state index contributed by atoms with van der Waals surface area (Å²) in [4.78, 5) is 0. The number of phenols is 1. The van der Waals surface area contributed by atoms with Gasteiger partial charge in [0.2, 0.25) is 0 Å². The van der Waals surface area contributed by atoms with E-state index in [-0.39, 0.29) is 5.75 Å². The van der Waals surface area contributed by atoms with E-state index in [2.05, 4.69) is 10.3 Å². The topological polar surface area (TPSA) is 50.9 Å². The molecule has 100 valence electrons. The van der Waals surface area contributed by atoms with Gasteiger partial charge in [0.05, 0.1) is 18.1 Å². The predicted octanol–water partition coefficient (Wildman–Crippen LogP) is 3.26. The molecule has 0 radical (unpaired) electrons. The van der Waals surface area contributed by atoms with Crippen molar-refractivity contribution in [3.63, 3.8) is 0 Å². The lowest BCUT2D eigenvalue weighted by molar-refractivity contribution is 0.477. The van der Waals surface area contributed by atoms with Gasteiger partial charge in [0.25, 0.3) is 0 Å². The summed E-state index contributed by atoms with van der Waals surface area (Å²) >= 11 is 0. The molecule has 4 nitrogen and oxygen atoms in total. The molecule has 0 unspecified atom stereocenters. The first-order chi connectivity index (χ1) is 9.66. The normalized spacial score (nSPS) is 10.7. The molecule has 1 aromatic heterocycles. The number of nitrogens with zero attached hydrogens (tertiary/aromatic N) is 3. The predicted molar refractivity (Wildman–Crippen MR) is 77.9 cm³/mol. The van der Waals surface area contributed by atoms with Crippen LogP contribution in [0.4, 0.5) is 0 Å². The van der Waals surface area contributed by atoms with Crippen LogP contribution in [0.25, 0.3) is 16.8 Å². The standard InChI is InChI=1S/C16H15N3O/c1-11-6-7-13(14(10-11)19-9-8-17-18-19)16-12(2)4-3-5-15(16)20/h3-10,20H,1-2H3. The maximum atomic E-state index is 10.2. The second kappa shape index (κ2) is 4.81. The zero-order valence-electron chi connectivity index (χ0n) is 11.4. The van der Waals surface area contributed by atoms with Crippen molar-refractivity contribution in [1.29, 1.82) is 0 Å². The molecule has 0 bridgehead atoms. The van der Waals surface area contributed by atoms with E-state index in [0.29, 0.717) is 0 Å². The molecule has 0 fully saturated rings. The Balaban J connectivity index is 2.30. The zero-order chi connectivity index (χ0) is 14.1. The lowest BCUT2D eigenvalue weighted by atomic mass is 9.97.